The summed E-state index contributed by atoms with van der Waals surface area (Å²) in [6, 6.07) is 14.2. The average Bonchev–Trinajstić information content (AvgIpc) is 3.49. The molecule has 1 aliphatic rings. The van der Waals surface area contributed by atoms with Crippen molar-refractivity contribution in [2.24, 2.45) is 0 Å². The third kappa shape index (κ3) is 10.4. The summed E-state index contributed by atoms with van der Waals surface area (Å²) in [5.74, 6) is 1.01. The molecule has 1 saturated carbocycles. The van der Waals surface area contributed by atoms with Crippen molar-refractivity contribution in [3.8, 4) is 11.5 Å². The lowest BCUT2D eigenvalue weighted by Crippen LogP contribution is -2.27. The van der Waals surface area contributed by atoms with Gasteiger partial charge in [-0.15, -0.1) is 0 Å². The molecule has 1 aliphatic carbocycles. The number of anilines is 3. The third-order valence-corrected chi connectivity index (χ3v) is 6.53. The van der Waals surface area contributed by atoms with Gasteiger partial charge >= 0.3 is 0 Å². The van der Waals surface area contributed by atoms with Crippen LogP contribution in [-0.2, 0) is 15.9 Å². The van der Waals surface area contributed by atoms with Crippen LogP contribution in [0, 0.1) is 0 Å². The van der Waals surface area contributed by atoms with Gasteiger partial charge in [0.05, 0.1) is 26.4 Å². The van der Waals surface area contributed by atoms with E-state index in [0.717, 1.165) is 18.4 Å². The Balaban J connectivity index is 1.15. The van der Waals surface area contributed by atoms with Gasteiger partial charge in [-0.3, -0.25) is 4.79 Å². The Morgan fingerprint density at radius 2 is 1.44 bits per heavy atom. The molecule has 1 fully saturated rings. The molecule has 2 aromatic carbocycles. The second-order valence-corrected chi connectivity index (χ2v) is 9.71. The summed E-state index contributed by atoms with van der Waals surface area (Å²) in [6.45, 7) is 3.18. The second kappa shape index (κ2) is 16.2. The number of carbonyl (C=O) groups is 1. The molecule has 0 atom stereocenters. The number of phenolic OH excluding ortho intramolecular Hbond substituents is 2. The molecule has 6 N–H and O–H groups in total. The predicted molar refractivity (Wildman–Crippen MR) is 157 cm³/mol. The molecule has 4 rings (SSSR count). The summed E-state index contributed by atoms with van der Waals surface area (Å²) in [4.78, 5) is 25.5. The van der Waals surface area contributed by atoms with Crippen molar-refractivity contribution in [3.63, 3.8) is 0 Å². The van der Waals surface area contributed by atoms with E-state index in [2.05, 4.69) is 36.2 Å². The van der Waals surface area contributed by atoms with E-state index in [1.54, 1.807) is 24.3 Å². The van der Waals surface area contributed by atoms with Crippen molar-refractivity contribution < 1.29 is 24.5 Å². The zero-order valence-corrected chi connectivity index (χ0v) is 23.1. The molecule has 1 aromatic heterocycles. The number of rotatable bonds is 17. The van der Waals surface area contributed by atoms with Crippen LogP contribution in [0.15, 0.2) is 48.5 Å². The molecule has 3 aromatic rings. The van der Waals surface area contributed by atoms with Gasteiger partial charge in [0.1, 0.15) is 0 Å². The van der Waals surface area contributed by atoms with Gasteiger partial charge in [-0.05, 0) is 49.1 Å². The van der Waals surface area contributed by atoms with Crippen molar-refractivity contribution in [2.75, 3.05) is 62.0 Å². The quantitative estimate of drug-likeness (QED) is 0.105. The number of aromatic nitrogens is 3. The summed E-state index contributed by atoms with van der Waals surface area (Å²) >= 11 is 0. The highest BCUT2D eigenvalue weighted by molar-refractivity contribution is 5.94. The first-order chi connectivity index (χ1) is 20.1. The van der Waals surface area contributed by atoms with Crippen LogP contribution in [0.3, 0.4) is 0 Å². The van der Waals surface area contributed by atoms with E-state index in [0.29, 0.717) is 81.9 Å². The summed E-state index contributed by atoms with van der Waals surface area (Å²) in [5, 5.41) is 31.9. The molecule has 12 heteroatoms. The number of amides is 1. The van der Waals surface area contributed by atoms with E-state index in [4.69, 9.17) is 9.47 Å². The zero-order valence-electron chi connectivity index (χ0n) is 23.1. The first-order valence-corrected chi connectivity index (χ1v) is 14.1. The van der Waals surface area contributed by atoms with Crippen LogP contribution in [0.4, 0.5) is 17.8 Å². The van der Waals surface area contributed by atoms with Crippen LogP contribution in [0.2, 0.25) is 0 Å². The molecule has 220 valence electrons. The second-order valence-electron chi connectivity index (χ2n) is 9.71. The molecule has 1 amide bonds. The van der Waals surface area contributed by atoms with Gasteiger partial charge in [0.2, 0.25) is 17.8 Å². The normalized spacial score (nSPS) is 13.2. The van der Waals surface area contributed by atoms with Crippen molar-refractivity contribution >= 4 is 23.8 Å². The van der Waals surface area contributed by atoms with Crippen molar-refractivity contribution in [3.05, 3.63) is 59.7 Å². The Hall–Kier alpha value is -4.16. The Morgan fingerprint density at radius 1 is 0.780 bits per heavy atom. The Bertz CT molecular complexity index is 1230. The minimum Gasteiger partial charge on any atom is -0.504 e. The van der Waals surface area contributed by atoms with Gasteiger partial charge in [-0.2, -0.15) is 15.0 Å². The number of hydrogen-bond donors (Lipinski definition) is 6. The first-order valence-electron chi connectivity index (χ1n) is 14.1. The molecule has 0 saturated heterocycles. The number of carbonyl (C=O) groups excluding carboxylic acids is 1. The lowest BCUT2D eigenvalue weighted by atomic mass is 10.1. The summed E-state index contributed by atoms with van der Waals surface area (Å²) in [5.41, 5.74) is 1.50. The van der Waals surface area contributed by atoms with Gasteiger partial charge in [-0.1, -0.05) is 37.1 Å². The lowest BCUT2D eigenvalue weighted by Gasteiger charge is -2.15. The first kappa shape index (κ1) is 29.8. The molecule has 1 heterocycles. The Kier molecular flexibility index (Phi) is 11.8. The van der Waals surface area contributed by atoms with E-state index < -0.39 is 0 Å². The molecule has 0 radical (unpaired) electrons. The molecular formula is C29H39N7O5. The number of aromatic hydroxyl groups is 2. The smallest absolute Gasteiger partial charge is 0.251 e. The number of nitrogens with one attached hydrogen (secondary N) is 4. The van der Waals surface area contributed by atoms with Crippen LogP contribution < -0.4 is 21.3 Å². The molecular weight excluding hydrogens is 526 g/mol. The molecule has 0 bridgehead atoms. The van der Waals surface area contributed by atoms with E-state index in [1.165, 1.54) is 18.9 Å². The minimum atomic E-state index is -0.140. The van der Waals surface area contributed by atoms with E-state index in [-0.39, 0.29) is 17.4 Å². The number of hydrogen-bond acceptors (Lipinski definition) is 11. The highest BCUT2D eigenvalue weighted by atomic mass is 16.5. The third-order valence-electron chi connectivity index (χ3n) is 6.53. The van der Waals surface area contributed by atoms with Gasteiger partial charge < -0.3 is 41.0 Å². The van der Waals surface area contributed by atoms with Crippen molar-refractivity contribution in [1.29, 1.82) is 0 Å². The fourth-order valence-corrected chi connectivity index (χ4v) is 4.38. The number of benzene rings is 2. The lowest BCUT2D eigenvalue weighted by molar-refractivity contribution is 0.0519. The van der Waals surface area contributed by atoms with Crippen LogP contribution >= 0.6 is 0 Å². The maximum atomic E-state index is 12.0. The van der Waals surface area contributed by atoms with E-state index >= 15 is 0 Å². The van der Waals surface area contributed by atoms with Gasteiger partial charge in [0, 0.05) is 31.2 Å². The Morgan fingerprint density at radius 3 is 2.15 bits per heavy atom. The highest BCUT2D eigenvalue weighted by Gasteiger charge is 2.17. The topological polar surface area (TPSA) is 163 Å². The number of nitrogens with zero attached hydrogens (tertiary/aromatic N) is 3. The van der Waals surface area contributed by atoms with Gasteiger partial charge in [-0.25, -0.2) is 0 Å². The summed E-state index contributed by atoms with van der Waals surface area (Å²) in [6.07, 6.45) is 5.19. The monoisotopic (exact) mass is 565 g/mol. The molecule has 0 aliphatic heterocycles. The van der Waals surface area contributed by atoms with Crippen LogP contribution in [0.25, 0.3) is 0 Å². The summed E-state index contributed by atoms with van der Waals surface area (Å²) in [7, 11) is 0. The minimum absolute atomic E-state index is 0.118. The zero-order chi connectivity index (χ0) is 28.7. The van der Waals surface area contributed by atoms with Gasteiger partial charge in [0.25, 0.3) is 5.91 Å². The largest absolute Gasteiger partial charge is 0.504 e. The maximum Gasteiger partial charge on any atom is 0.251 e. The fourth-order valence-electron chi connectivity index (χ4n) is 4.38. The van der Waals surface area contributed by atoms with E-state index in [9.17, 15) is 15.0 Å². The van der Waals surface area contributed by atoms with Crippen molar-refractivity contribution in [1.82, 2.24) is 20.3 Å². The highest BCUT2D eigenvalue weighted by Crippen LogP contribution is 2.25. The van der Waals surface area contributed by atoms with Crippen LogP contribution in [0.5, 0.6) is 11.5 Å². The van der Waals surface area contributed by atoms with E-state index in [1.807, 2.05) is 18.2 Å². The van der Waals surface area contributed by atoms with Crippen molar-refractivity contribution in [2.45, 2.75) is 38.1 Å². The number of ether oxygens (including phenoxy) is 2. The molecule has 12 nitrogen and oxygen atoms in total. The predicted octanol–water partition coefficient (Wildman–Crippen LogP) is 3.17. The van der Waals surface area contributed by atoms with Crippen LogP contribution in [0.1, 0.15) is 41.6 Å². The maximum absolute atomic E-state index is 12.0. The number of phenols is 2. The van der Waals surface area contributed by atoms with Crippen LogP contribution in [-0.4, -0.2) is 83.2 Å². The fraction of sp³-hybridized carbons (Fsp3) is 0.448. The average molecular weight is 566 g/mol. The Labute approximate surface area is 239 Å². The van der Waals surface area contributed by atoms with Gasteiger partial charge in [0.15, 0.2) is 11.5 Å². The summed E-state index contributed by atoms with van der Waals surface area (Å²) < 4.78 is 11.2. The molecule has 0 unspecified atom stereocenters. The molecule has 0 spiro atoms. The SMILES string of the molecule is O=C(NCCOCCOCCNc1nc(NCCc2ccc(O)c(O)c2)nc(NC2CCCC2)n1)c1ccccc1. The standard InChI is InChI=1S/C29H39N7O5/c37-24-11-10-21(20-25(24)38)12-13-31-27-34-28(36-29(35-27)33-23-8-4-5-9-23)32-15-17-41-19-18-40-16-14-30-26(39)22-6-2-1-3-7-22/h1-3,6-7,10-11,20,23,37-38H,4-5,8-9,12-19H2,(H,30,39)(H3,31,32,33,34,35,36). The molecule has 41 heavy (non-hydrogen) atoms.